The molecule has 0 aliphatic carbocycles. The first-order chi connectivity index (χ1) is 9.81. The van der Waals surface area contributed by atoms with Crippen LogP contribution in [0.25, 0.3) is 0 Å². The van der Waals surface area contributed by atoms with Gasteiger partial charge in [0.15, 0.2) is 11.5 Å². The second kappa shape index (κ2) is 5.55. The molecule has 2 aromatic carbocycles. The van der Waals surface area contributed by atoms with Crippen molar-refractivity contribution < 1.29 is 22.6 Å². The Bertz CT molecular complexity index is 654. The van der Waals surface area contributed by atoms with Crippen molar-refractivity contribution in [1.29, 1.82) is 0 Å². The van der Waals surface area contributed by atoms with E-state index in [4.69, 9.17) is 15.2 Å². The first-order valence-corrected chi connectivity index (χ1v) is 6.10. The van der Waals surface area contributed by atoms with Gasteiger partial charge >= 0.3 is 6.18 Å². The molecule has 2 aromatic rings. The first-order valence-electron chi connectivity index (χ1n) is 6.10. The Morgan fingerprint density at radius 2 is 1.67 bits per heavy atom. The quantitative estimate of drug-likeness (QED) is 0.854. The van der Waals surface area contributed by atoms with Crippen LogP contribution >= 0.6 is 0 Å². The standard InChI is InChI=1S/C15H14F3NO2/c1-9-3-5-11(19)8-13(9)21-14-7-10(15(16,17)18)4-6-12(14)20-2/h3-8H,19H2,1-2H3. The van der Waals surface area contributed by atoms with Gasteiger partial charge in [0.25, 0.3) is 0 Å². The van der Waals surface area contributed by atoms with Crippen molar-refractivity contribution in [2.24, 2.45) is 0 Å². The van der Waals surface area contributed by atoms with E-state index in [1.54, 1.807) is 25.1 Å². The minimum Gasteiger partial charge on any atom is -0.493 e. The fourth-order valence-corrected chi connectivity index (χ4v) is 1.78. The van der Waals surface area contributed by atoms with Crippen molar-refractivity contribution in [3.8, 4) is 17.2 Å². The summed E-state index contributed by atoms with van der Waals surface area (Å²) in [6.07, 6.45) is -4.45. The van der Waals surface area contributed by atoms with Crippen molar-refractivity contribution in [3.05, 3.63) is 47.5 Å². The number of benzene rings is 2. The van der Waals surface area contributed by atoms with Gasteiger partial charge < -0.3 is 15.2 Å². The van der Waals surface area contributed by atoms with Crippen LogP contribution in [0.3, 0.4) is 0 Å². The number of nitrogen functional groups attached to an aromatic ring is 1. The highest BCUT2D eigenvalue weighted by molar-refractivity contribution is 5.52. The van der Waals surface area contributed by atoms with Crippen LogP contribution in [0.4, 0.5) is 18.9 Å². The van der Waals surface area contributed by atoms with Gasteiger partial charge in [-0.3, -0.25) is 0 Å². The van der Waals surface area contributed by atoms with E-state index in [1.807, 2.05) is 0 Å². The third-order valence-corrected chi connectivity index (χ3v) is 2.92. The molecule has 2 rings (SSSR count). The van der Waals surface area contributed by atoms with Gasteiger partial charge in [0.1, 0.15) is 5.75 Å². The molecule has 0 saturated carbocycles. The average molecular weight is 297 g/mol. The van der Waals surface area contributed by atoms with Gasteiger partial charge in [0.2, 0.25) is 0 Å². The number of rotatable bonds is 3. The van der Waals surface area contributed by atoms with E-state index in [-0.39, 0.29) is 11.5 Å². The smallest absolute Gasteiger partial charge is 0.416 e. The van der Waals surface area contributed by atoms with Crippen molar-refractivity contribution in [2.45, 2.75) is 13.1 Å². The zero-order valence-electron chi connectivity index (χ0n) is 11.5. The third-order valence-electron chi connectivity index (χ3n) is 2.92. The molecule has 0 unspecified atom stereocenters. The number of ether oxygens (including phenoxy) is 2. The van der Waals surface area contributed by atoms with E-state index < -0.39 is 11.7 Å². The molecule has 2 N–H and O–H groups in total. The fourth-order valence-electron chi connectivity index (χ4n) is 1.78. The average Bonchev–Trinajstić information content (AvgIpc) is 2.42. The van der Waals surface area contributed by atoms with Crippen molar-refractivity contribution in [3.63, 3.8) is 0 Å². The van der Waals surface area contributed by atoms with E-state index in [0.29, 0.717) is 11.4 Å². The number of aryl methyl sites for hydroxylation is 1. The number of methoxy groups -OCH3 is 1. The number of nitrogens with two attached hydrogens (primary N) is 1. The Kier molecular flexibility index (Phi) is 3.97. The molecule has 3 nitrogen and oxygen atoms in total. The monoisotopic (exact) mass is 297 g/mol. The van der Waals surface area contributed by atoms with E-state index in [9.17, 15) is 13.2 Å². The predicted octanol–water partition coefficient (Wildman–Crippen LogP) is 4.40. The number of hydrogen-bond donors (Lipinski definition) is 1. The van der Waals surface area contributed by atoms with Gasteiger partial charge in [-0.1, -0.05) is 6.07 Å². The number of anilines is 1. The van der Waals surface area contributed by atoms with E-state index in [2.05, 4.69) is 0 Å². The van der Waals surface area contributed by atoms with Gasteiger partial charge in [-0.25, -0.2) is 0 Å². The summed E-state index contributed by atoms with van der Waals surface area (Å²) in [4.78, 5) is 0. The minimum absolute atomic E-state index is 0.0129. The summed E-state index contributed by atoms with van der Waals surface area (Å²) < 4.78 is 48.9. The molecule has 0 fully saturated rings. The summed E-state index contributed by atoms with van der Waals surface area (Å²) in [6.45, 7) is 1.77. The highest BCUT2D eigenvalue weighted by Gasteiger charge is 2.31. The summed E-state index contributed by atoms with van der Waals surface area (Å²) in [5, 5.41) is 0. The molecule has 112 valence electrons. The summed E-state index contributed by atoms with van der Waals surface area (Å²) >= 11 is 0. The van der Waals surface area contributed by atoms with Crippen molar-refractivity contribution >= 4 is 5.69 Å². The maximum absolute atomic E-state index is 12.8. The van der Waals surface area contributed by atoms with Gasteiger partial charge in [0.05, 0.1) is 12.7 Å². The van der Waals surface area contributed by atoms with Crippen LogP contribution < -0.4 is 15.2 Å². The molecule has 0 aromatic heterocycles. The number of hydrogen-bond acceptors (Lipinski definition) is 3. The molecule has 0 radical (unpaired) electrons. The minimum atomic E-state index is -4.45. The second-order valence-electron chi connectivity index (χ2n) is 4.49. The molecular weight excluding hydrogens is 283 g/mol. The van der Waals surface area contributed by atoms with Crippen LogP contribution in [0, 0.1) is 6.92 Å². The molecule has 0 heterocycles. The molecule has 0 aliphatic rings. The summed E-state index contributed by atoms with van der Waals surface area (Å²) in [5.74, 6) is 0.582. The van der Waals surface area contributed by atoms with Crippen LogP contribution in [0.1, 0.15) is 11.1 Å². The Morgan fingerprint density at radius 3 is 2.29 bits per heavy atom. The van der Waals surface area contributed by atoms with Gasteiger partial charge in [0, 0.05) is 11.8 Å². The van der Waals surface area contributed by atoms with Gasteiger partial charge in [-0.05, 0) is 36.8 Å². The van der Waals surface area contributed by atoms with Crippen LogP contribution in [-0.2, 0) is 6.18 Å². The Labute approximate surface area is 120 Å². The molecule has 0 amide bonds. The zero-order chi connectivity index (χ0) is 15.6. The van der Waals surface area contributed by atoms with E-state index in [0.717, 1.165) is 17.7 Å². The summed E-state index contributed by atoms with van der Waals surface area (Å²) in [6, 6.07) is 8.03. The maximum atomic E-state index is 12.8. The molecule has 0 atom stereocenters. The lowest BCUT2D eigenvalue weighted by Crippen LogP contribution is -2.05. The van der Waals surface area contributed by atoms with Crippen molar-refractivity contribution in [2.75, 3.05) is 12.8 Å². The lowest BCUT2D eigenvalue weighted by atomic mass is 10.2. The molecule has 0 saturated heterocycles. The van der Waals surface area contributed by atoms with Crippen LogP contribution in [0.5, 0.6) is 17.2 Å². The Hall–Kier alpha value is -2.37. The SMILES string of the molecule is COc1ccc(C(F)(F)F)cc1Oc1cc(N)ccc1C. The number of alkyl halides is 3. The van der Waals surface area contributed by atoms with Gasteiger partial charge in [-0.15, -0.1) is 0 Å². The summed E-state index contributed by atoms with van der Waals surface area (Å²) in [5.41, 5.74) is 6.07. The highest BCUT2D eigenvalue weighted by Crippen LogP contribution is 2.39. The fraction of sp³-hybridized carbons (Fsp3) is 0.200. The third kappa shape index (κ3) is 3.39. The van der Waals surface area contributed by atoms with Crippen molar-refractivity contribution in [1.82, 2.24) is 0 Å². The highest BCUT2D eigenvalue weighted by atomic mass is 19.4. The molecular formula is C15H14F3NO2. The zero-order valence-corrected chi connectivity index (χ0v) is 11.5. The van der Waals surface area contributed by atoms with Crippen LogP contribution in [-0.4, -0.2) is 7.11 Å². The largest absolute Gasteiger partial charge is 0.493 e. The van der Waals surface area contributed by atoms with E-state index in [1.165, 1.54) is 13.2 Å². The molecule has 21 heavy (non-hydrogen) atoms. The second-order valence-corrected chi connectivity index (χ2v) is 4.49. The normalized spacial score (nSPS) is 11.3. The Morgan fingerprint density at radius 1 is 0.952 bits per heavy atom. The first kappa shape index (κ1) is 15.0. The predicted molar refractivity (Wildman–Crippen MR) is 73.7 cm³/mol. The Balaban J connectivity index is 2.44. The summed E-state index contributed by atoms with van der Waals surface area (Å²) in [7, 11) is 1.36. The molecule has 0 aliphatic heterocycles. The van der Waals surface area contributed by atoms with Crippen LogP contribution in [0.2, 0.25) is 0 Å². The molecule has 0 bridgehead atoms. The topological polar surface area (TPSA) is 44.5 Å². The maximum Gasteiger partial charge on any atom is 0.416 e. The number of halogens is 3. The molecule has 6 heteroatoms. The van der Waals surface area contributed by atoms with E-state index >= 15 is 0 Å². The van der Waals surface area contributed by atoms with Gasteiger partial charge in [-0.2, -0.15) is 13.2 Å². The lowest BCUT2D eigenvalue weighted by Gasteiger charge is -2.15. The lowest BCUT2D eigenvalue weighted by molar-refractivity contribution is -0.137. The molecule has 0 spiro atoms. The van der Waals surface area contributed by atoms with Crippen LogP contribution in [0.15, 0.2) is 36.4 Å².